The predicted octanol–water partition coefficient (Wildman–Crippen LogP) is 0.524. The lowest BCUT2D eigenvalue weighted by Gasteiger charge is -2.34. The molecule has 0 bridgehead atoms. The third kappa shape index (κ3) is 3.17. The predicted molar refractivity (Wildman–Crippen MR) is 102 cm³/mol. The number of nitrogens with zero attached hydrogens (tertiary/aromatic N) is 2. The molecule has 2 N–H and O–H groups in total. The summed E-state index contributed by atoms with van der Waals surface area (Å²) in [5, 5.41) is 5.44. The first kappa shape index (κ1) is 18.6. The molecule has 4 amide bonds. The van der Waals surface area contributed by atoms with Crippen molar-refractivity contribution in [3.05, 3.63) is 29.3 Å². The zero-order chi connectivity index (χ0) is 19.8. The Bertz CT molecular complexity index is 851. The highest BCUT2D eigenvalue weighted by molar-refractivity contribution is 6.23. The highest BCUT2D eigenvalue weighted by Gasteiger charge is 2.44. The zero-order valence-electron chi connectivity index (χ0n) is 15.9. The summed E-state index contributed by atoms with van der Waals surface area (Å²) in [5.41, 5.74) is 1.58. The van der Waals surface area contributed by atoms with Crippen LogP contribution in [0.1, 0.15) is 46.4 Å². The second-order valence-corrected chi connectivity index (χ2v) is 7.69. The minimum absolute atomic E-state index is 0.121. The summed E-state index contributed by atoms with van der Waals surface area (Å²) in [4.78, 5) is 52.5. The summed E-state index contributed by atoms with van der Waals surface area (Å²) in [5.74, 6) is -1.34. The summed E-state index contributed by atoms with van der Waals surface area (Å²) >= 11 is 0. The van der Waals surface area contributed by atoms with Crippen molar-refractivity contribution in [2.24, 2.45) is 5.92 Å². The molecule has 1 aromatic rings. The number of carbonyl (C=O) groups is 4. The Morgan fingerprint density at radius 3 is 2.64 bits per heavy atom. The molecule has 0 aromatic heterocycles. The molecule has 0 radical (unpaired) electrons. The number of carbonyl (C=O) groups excluding carboxylic acids is 4. The van der Waals surface area contributed by atoms with Crippen molar-refractivity contribution >= 4 is 29.3 Å². The normalized spacial score (nSPS) is 25.2. The number of hydrogen-bond acceptors (Lipinski definition) is 6. The summed E-state index contributed by atoms with van der Waals surface area (Å²) in [6, 6.07) is 4.39. The van der Waals surface area contributed by atoms with E-state index in [1.165, 1.54) is 6.42 Å². The van der Waals surface area contributed by atoms with Crippen LogP contribution < -0.4 is 15.5 Å². The van der Waals surface area contributed by atoms with Crippen LogP contribution in [0.3, 0.4) is 0 Å². The molecule has 3 aliphatic heterocycles. The fourth-order valence-corrected chi connectivity index (χ4v) is 4.41. The van der Waals surface area contributed by atoms with E-state index in [2.05, 4.69) is 15.5 Å². The fraction of sp³-hybridized carbons (Fsp3) is 0.500. The molecule has 0 spiro atoms. The molecule has 8 nitrogen and oxygen atoms in total. The molecular formula is C20H24N4O4. The number of piperidine rings is 2. The summed E-state index contributed by atoms with van der Waals surface area (Å²) in [7, 11) is 1.95. The van der Waals surface area contributed by atoms with Crippen LogP contribution in [-0.2, 0) is 9.59 Å². The van der Waals surface area contributed by atoms with Gasteiger partial charge < -0.3 is 10.2 Å². The van der Waals surface area contributed by atoms with E-state index in [1.54, 1.807) is 12.1 Å². The molecule has 28 heavy (non-hydrogen) atoms. The lowest BCUT2D eigenvalue weighted by molar-refractivity contribution is -0.136. The molecule has 2 fully saturated rings. The van der Waals surface area contributed by atoms with Gasteiger partial charge in [-0.05, 0) is 57.0 Å². The first-order chi connectivity index (χ1) is 13.5. The Morgan fingerprint density at radius 1 is 1.11 bits per heavy atom. The van der Waals surface area contributed by atoms with Gasteiger partial charge in [-0.3, -0.25) is 29.4 Å². The second kappa shape index (κ2) is 7.35. The SMILES string of the molecule is CNCC1CCCN(c2ccc3c(c2)C(=O)N(C2CCC(=O)NC2=O)C3=O)C1. The quantitative estimate of drug-likeness (QED) is 0.735. The number of imide groups is 2. The van der Waals surface area contributed by atoms with Crippen molar-refractivity contribution in [2.75, 3.05) is 31.6 Å². The third-order valence-electron chi connectivity index (χ3n) is 5.80. The number of amides is 4. The van der Waals surface area contributed by atoms with Crippen LogP contribution in [0.5, 0.6) is 0 Å². The molecule has 8 heteroatoms. The maximum Gasteiger partial charge on any atom is 0.262 e. The van der Waals surface area contributed by atoms with E-state index >= 15 is 0 Å². The molecule has 2 atom stereocenters. The van der Waals surface area contributed by atoms with Gasteiger partial charge in [0.15, 0.2) is 0 Å². The molecule has 3 aliphatic rings. The van der Waals surface area contributed by atoms with Crippen molar-refractivity contribution in [3.8, 4) is 0 Å². The number of nitrogens with one attached hydrogen (secondary N) is 2. The molecule has 4 rings (SSSR count). The van der Waals surface area contributed by atoms with Crippen molar-refractivity contribution in [1.29, 1.82) is 0 Å². The highest BCUT2D eigenvalue weighted by Crippen LogP contribution is 2.32. The van der Waals surface area contributed by atoms with Crippen LogP contribution in [0.4, 0.5) is 5.69 Å². The van der Waals surface area contributed by atoms with E-state index in [0.29, 0.717) is 17.0 Å². The number of hydrogen-bond donors (Lipinski definition) is 2. The molecule has 0 saturated carbocycles. The monoisotopic (exact) mass is 384 g/mol. The van der Waals surface area contributed by atoms with E-state index < -0.39 is 23.8 Å². The van der Waals surface area contributed by atoms with Crippen molar-refractivity contribution in [2.45, 2.75) is 31.7 Å². The van der Waals surface area contributed by atoms with Crippen LogP contribution in [0.25, 0.3) is 0 Å². The molecule has 2 saturated heterocycles. The van der Waals surface area contributed by atoms with Crippen molar-refractivity contribution < 1.29 is 19.2 Å². The number of rotatable bonds is 4. The first-order valence-corrected chi connectivity index (χ1v) is 9.74. The van der Waals surface area contributed by atoms with E-state index in [1.807, 2.05) is 13.1 Å². The second-order valence-electron chi connectivity index (χ2n) is 7.69. The average Bonchev–Trinajstić information content (AvgIpc) is 2.93. The van der Waals surface area contributed by atoms with Gasteiger partial charge >= 0.3 is 0 Å². The maximum absolute atomic E-state index is 12.9. The molecular weight excluding hydrogens is 360 g/mol. The Balaban J connectivity index is 1.57. The van der Waals surface area contributed by atoms with Gasteiger partial charge in [-0.2, -0.15) is 0 Å². The van der Waals surface area contributed by atoms with E-state index in [-0.39, 0.29) is 18.7 Å². The van der Waals surface area contributed by atoms with Gasteiger partial charge in [0.25, 0.3) is 11.8 Å². The number of anilines is 1. The van der Waals surface area contributed by atoms with Gasteiger partial charge in [0, 0.05) is 25.2 Å². The van der Waals surface area contributed by atoms with E-state index in [4.69, 9.17) is 0 Å². The fourth-order valence-electron chi connectivity index (χ4n) is 4.41. The van der Waals surface area contributed by atoms with Crippen LogP contribution in [0.15, 0.2) is 18.2 Å². The standard InChI is InChI=1S/C20H24N4O4/c1-21-10-12-3-2-8-23(11-12)13-4-5-14-15(9-13)20(28)24(19(14)27)16-6-7-17(25)22-18(16)26/h4-5,9,12,16,21H,2-3,6-8,10-11H2,1H3,(H,22,25,26). The lowest BCUT2D eigenvalue weighted by Crippen LogP contribution is -2.54. The van der Waals surface area contributed by atoms with Crippen molar-refractivity contribution in [3.63, 3.8) is 0 Å². The lowest BCUT2D eigenvalue weighted by atomic mass is 9.97. The van der Waals surface area contributed by atoms with Crippen LogP contribution in [-0.4, -0.2) is 61.3 Å². The van der Waals surface area contributed by atoms with Gasteiger partial charge in [0.2, 0.25) is 11.8 Å². The number of benzene rings is 1. The summed E-state index contributed by atoms with van der Waals surface area (Å²) in [6.07, 6.45) is 2.54. The molecule has 2 unspecified atom stereocenters. The van der Waals surface area contributed by atoms with E-state index in [0.717, 1.165) is 36.6 Å². The van der Waals surface area contributed by atoms with Gasteiger partial charge in [0.1, 0.15) is 6.04 Å². The Morgan fingerprint density at radius 2 is 1.89 bits per heavy atom. The summed E-state index contributed by atoms with van der Waals surface area (Å²) in [6.45, 7) is 2.76. The van der Waals surface area contributed by atoms with Crippen LogP contribution in [0.2, 0.25) is 0 Å². The minimum Gasteiger partial charge on any atom is -0.371 e. The summed E-state index contributed by atoms with van der Waals surface area (Å²) < 4.78 is 0. The van der Waals surface area contributed by atoms with E-state index in [9.17, 15) is 19.2 Å². The molecule has 0 aliphatic carbocycles. The Kier molecular flexibility index (Phi) is 4.89. The molecule has 3 heterocycles. The van der Waals surface area contributed by atoms with Crippen molar-refractivity contribution in [1.82, 2.24) is 15.5 Å². The van der Waals surface area contributed by atoms with Gasteiger partial charge in [-0.15, -0.1) is 0 Å². The zero-order valence-corrected chi connectivity index (χ0v) is 15.9. The molecule has 148 valence electrons. The van der Waals surface area contributed by atoms with Gasteiger partial charge in [-0.1, -0.05) is 0 Å². The Labute approximate surface area is 163 Å². The van der Waals surface area contributed by atoms with Crippen LogP contribution in [0, 0.1) is 5.92 Å². The largest absolute Gasteiger partial charge is 0.371 e. The first-order valence-electron chi connectivity index (χ1n) is 9.74. The number of fused-ring (bicyclic) bond motifs is 1. The van der Waals surface area contributed by atoms with Gasteiger partial charge in [-0.25, -0.2) is 0 Å². The maximum atomic E-state index is 12.9. The van der Waals surface area contributed by atoms with Crippen LogP contribution >= 0.6 is 0 Å². The Hall–Kier alpha value is -2.74. The third-order valence-corrected chi connectivity index (χ3v) is 5.80. The molecule has 1 aromatic carbocycles. The highest BCUT2D eigenvalue weighted by atomic mass is 16.2. The smallest absolute Gasteiger partial charge is 0.262 e. The topological polar surface area (TPSA) is 98.8 Å². The van der Waals surface area contributed by atoms with Gasteiger partial charge in [0.05, 0.1) is 11.1 Å². The average molecular weight is 384 g/mol. The minimum atomic E-state index is -0.927.